The topological polar surface area (TPSA) is 119 Å². The predicted octanol–water partition coefficient (Wildman–Crippen LogP) is 2.07. The van der Waals surface area contributed by atoms with E-state index in [1.807, 2.05) is 11.8 Å². The molecular formula is C12H20N6O2S. The molecule has 1 aliphatic rings. The summed E-state index contributed by atoms with van der Waals surface area (Å²) in [5.41, 5.74) is 2.53. The first kappa shape index (κ1) is 15.8. The zero-order chi connectivity index (χ0) is 15.5. The second-order valence-electron chi connectivity index (χ2n) is 5.18. The molecule has 0 unspecified atom stereocenters. The molecule has 0 spiro atoms. The highest BCUT2D eigenvalue weighted by Gasteiger charge is 2.34. The molecule has 4 N–H and O–H groups in total. The van der Waals surface area contributed by atoms with Gasteiger partial charge in [0.05, 0.1) is 4.92 Å². The molecular weight excluding hydrogens is 292 g/mol. The van der Waals surface area contributed by atoms with Crippen LogP contribution in [0.1, 0.15) is 31.4 Å². The quantitative estimate of drug-likeness (QED) is 0.415. The van der Waals surface area contributed by atoms with E-state index < -0.39 is 4.92 Å². The molecule has 0 amide bonds. The van der Waals surface area contributed by atoms with Crippen LogP contribution < -0.4 is 16.6 Å². The molecule has 0 aliphatic heterocycles. The highest BCUT2D eigenvalue weighted by molar-refractivity contribution is 8.00. The van der Waals surface area contributed by atoms with Gasteiger partial charge in [-0.3, -0.25) is 15.5 Å². The van der Waals surface area contributed by atoms with Gasteiger partial charge in [-0.25, -0.2) is 10.8 Å². The third-order valence-electron chi connectivity index (χ3n) is 3.90. The maximum absolute atomic E-state index is 11.2. The van der Waals surface area contributed by atoms with Crippen LogP contribution >= 0.6 is 11.8 Å². The Bertz CT molecular complexity index is 533. The molecule has 0 atom stereocenters. The average Bonchev–Trinajstić information content (AvgIpc) is 2.93. The van der Waals surface area contributed by atoms with Gasteiger partial charge in [0.2, 0.25) is 11.8 Å². The number of aromatic nitrogens is 2. The standard InChI is InChI=1S/C12H20N6O2S/c1-8-9(18(19)20)10(16-11(15-8)17-13)14-7-12(21-2)5-3-4-6-12/h3-7,13H2,1-2H3,(H2,14,15,16,17). The van der Waals surface area contributed by atoms with Crippen molar-refractivity contribution < 1.29 is 4.92 Å². The van der Waals surface area contributed by atoms with Gasteiger partial charge in [-0.1, -0.05) is 12.8 Å². The lowest BCUT2D eigenvalue weighted by atomic mass is 10.1. The molecule has 1 fully saturated rings. The van der Waals surface area contributed by atoms with Crippen LogP contribution in [0, 0.1) is 17.0 Å². The Morgan fingerprint density at radius 2 is 2.10 bits per heavy atom. The number of nitrogen functional groups attached to an aromatic ring is 1. The fourth-order valence-corrected chi connectivity index (χ4v) is 3.60. The lowest BCUT2D eigenvalue weighted by molar-refractivity contribution is -0.385. The highest BCUT2D eigenvalue weighted by Crippen LogP contribution is 2.40. The Balaban J connectivity index is 2.25. The molecule has 0 radical (unpaired) electrons. The van der Waals surface area contributed by atoms with Gasteiger partial charge in [-0.2, -0.15) is 16.7 Å². The van der Waals surface area contributed by atoms with Crippen molar-refractivity contribution in [1.29, 1.82) is 0 Å². The van der Waals surface area contributed by atoms with E-state index in [1.54, 1.807) is 6.92 Å². The van der Waals surface area contributed by atoms with Crippen LogP contribution in [-0.2, 0) is 0 Å². The number of rotatable bonds is 6. The number of nitro groups is 1. The van der Waals surface area contributed by atoms with E-state index in [2.05, 4.69) is 27.0 Å². The lowest BCUT2D eigenvalue weighted by Gasteiger charge is -2.27. The van der Waals surface area contributed by atoms with Crippen LogP contribution in [0.5, 0.6) is 0 Å². The molecule has 1 heterocycles. The molecule has 1 aliphatic carbocycles. The van der Waals surface area contributed by atoms with Crippen LogP contribution in [0.2, 0.25) is 0 Å². The number of nitrogens with one attached hydrogen (secondary N) is 2. The SMILES string of the molecule is CSC1(CNc2nc(NN)nc(C)c2[N+](=O)[O-])CCCC1. The minimum absolute atomic E-state index is 0.0942. The van der Waals surface area contributed by atoms with Crippen molar-refractivity contribution in [2.45, 2.75) is 37.4 Å². The fraction of sp³-hybridized carbons (Fsp3) is 0.667. The average molecular weight is 312 g/mol. The molecule has 8 nitrogen and oxygen atoms in total. The van der Waals surface area contributed by atoms with E-state index in [0.717, 1.165) is 12.8 Å². The third-order valence-corrected chi connectivity index (χ3v) is 5.31. The molecule has 1 aromatic heterocycles. The fourth-order valence-electron chi connectivity index (χ4n) is 2.69. The number of nitrogens with two attached hydrogens (primary N) is 1. The maximum atomic E-state index is 11.2. The first-order valence-electron chi connectivity index (χ1n) is 6.80. The number of thioether (sulfide) groups is 1. The Kier molecular flexibility index (Phi) is 4.84. The second-order valence-corrected chi connectivity index (χ2v) is 6.45. The van der Waals surface area contributed by atoms with Crippen LogP contribution in [-0.4, -0.2) is 32.4 Å². The molecule has 1 aromatic rings. The van der Waals surface area contributed by atoms with E-state index in [4.69, 9.17) is 5.84 Å². The number of hydrazine groups is 1. The van der Waals surface area contributed by atoms with Gasteiger partial charge in [0.1, 0.15) is 5.69 Å². The van der Waals surface area contributed by atoms with Crippen LogP contribution in [0.3, 0.4) is 0 Å². The number of aryl methyl sites for hydroxylation is 1. The van der Waals surface area contributed by atoms with Crippen molar-refractivity contribution in [2.24, 2.45) is 5.84 Å². The second kappa shape index (κ2) is 6.44. The molecule has 1 saturated carbocycles. The van der Waals surface area contributed by atoms with Gasteiger partial charge in [-0.05, 0) is 26.0 Å². The molecule has 0 bridgehead atoms. The van der Waals surface area contributed by atoms with Gasteiger partial charge in [0, 0.05) is 11.3 Å². The van der Waals surface area contributed by atoms with Gasteiger partial charge in [0.15, 0.2) is 0 Å². The molecule has 9 heteroatoms. The van der Waals surface area contributed by atoms with E-state index in [1.165, 1.54) is 12.8 Å². The third kappa shape index (κ3) is 3.35. The molecule has 116 valence electrons. The molecule has 21 heavy (non-hydrogen) atoms. The van der Waals surface area contributed by atoms with Gasteiger partial charge >= 0.3 is 5.69 Å². The largest absolute Gasteiger partial charge is 0.363 e. The summed E-state index contributed by atoms with van der Waals surface area (Å²) >= 11 is 1.81. The van der Waals surface area contributed by atoms with Crippen molar-refractivity contribution in [2.75, 3.05) is 23.5 Å². The maximum Gasteiger partial charge on any atom is 0.332 e. The van der Waals surface area contributed by atoms with Crippen LogP contribution in [0.4, 0.5) is 17.5 Å². The Morgan fingerprint density at radius 1 is 1.43 bits per heavy atom. The first-order chi connectivity index (χ1) is 10.0. The summed E-state index contributed by atoms with van der Waals surface area (Å²) in [5.74, 6) is 5.70. The number of anilines is 2. The zero-order valence-electron chi connectivity index (χ0n) is 12.2. The summed E-state index contributed by atoms with van der Waals surface area (Å²) in [7, 11) is 0. The summed E-state index contributed by atoms with van der Waals surface area (Å²) in [6, 6.07) is 0. The number of hydrogen-bond donors (Lipinski definition) is 3. The van der Waals surface area contributed by atoms with Crippen molar-refractivity contribution in [3.8, 4) is 0 Å². The normalized spacial score (nSPS) is 16.7. The smallest absolute Gasteiger partial charge is 0.332 e. The van der Waals surface area contributed by atoms with Gasteiger partial charge in [0.25, 0.3) is 0 Å². The number of hydrogen-bond acceptors (Lipinski definition) is 8. The van der Waals surface area contributed by atoms with Crippen LogP contribution in [0.15, 0.2) is 0 Å². The molecule has 2 rings (SSSR count). The van der Waals surface area contributed by atoms with E-state index in [-0.39, 0.29) is 27.9 Å². The van der Waals surface area contributed by atoms with Crippen molar-refractivity contribution in [1.82, 2.24) is 9.97 Å². The minimum atomic E-state index is -0.460. The molecule has 0 aromatic carbocycles. The summed E-state index contributed by atoms with van der Waals surface area (Å²) in [4.78, 5) is 18.8. The predicted molar refractivity (Wildman–Crippen MR) is 84.4 cm³/mol. The zero-order valence-corrected chi connectivity index (χ0v) is 13.0. The Hall–Kier alpha value is -1.61. The van der Waals surface area contributed by atoms with E-state index >= 15 is 0 Å². The van der Waals surface area contributed by atoms with Crippen LogP contribution in [0.25, 0.3) is 0 Å². The van der Waals surface area contributed by atoms with Crippen molar-refractivity contribution in [3.63, 3.8) is 0 Å². The van der Waals surface area contributed by atoms with E-state index in [0.29, 0.717) is 6.54 Å². The Morgan fingerprint density at radius 3 is 2.62 bits per heavy atom. The molecule has 0 saturated heterocycles. The van der Waals surface area contributed by atoms with Crippen molar-refractivity contribution >= 4 is 29.2 Å². The summed E-state index contributed by atoms with van der Waals surface area (Å²) in [6.45, 7) is 2.22. The first-order valence-corrected chi connectivity index (χ1v) is 8.02. The number of nitrogens with zero attached hydrogens (tertiary/aromatic N) is 3. The highest BCUT2D eigenvalue weighted by atomic mass is 32.2. The summed E-state index contributed by atoms with van der Waals surface area (Å²) in [5, 5.41) is 14.4. The minimum Gasteiger partial charge on any atom is -0.363 e. The lowest BCUT2D eigenvalue weighted by Crippen LogP contribution is -2.30. The Labute approximate surface area is 127 Å². The van der Waals surface area contributed by atoms with E-state index in [9.17, 15) is 10.1 Å². The monoisotopic (exact) mass is 312 g/mol. The summed E-state index contributed by atoms with van der Waals surface area (Å²) < 4.78 is 0.128. The summed E-state index contributed by atoms with van der Waals surface area (Å²) in [6.07, 6.45) is 6.70. The van der Waals surface area contributed by atoms with Gasteiger partial charge in [-0.15, -0.1) is 0 Å². The van der Waals surface area contributed by atoms with Crippen molar-refractivity contribution in [3.05, 3.63) is 15.8 Å². The van der Waals surface area contributed by atoms with Gasteiger partial charge < -0.3 is 5.32 Å².